The Hall–Kier alpha value is -1.88. The van der Waals surface area contributed by atoms with Gasteiger partial charge in [0.1, 0.15) is 0 Å². The molecule has 2 rings (SSSR count). The quantitative estimate of drug-likeness (QED) is 0.847. The Bertz CT molecular complexity index is 472. The number of benzene rings is 1. The first kappa shape index (κ1) is 11.6. The fourth-order valence-corrected chi connectivity index (χ4v) is 1.68. The molecular weight excluding hydrogens is 214 g/mol. The molecule has 17 heavy (non-hydrogen) atoms. The van der Waals surface area contributed by atoms with E-state index in [0.29, 0.717) is 6.54 Å². The van der Waals surface area contributed by atoms with Gasteiger partial charge < -0.3 is 10.6 Å². The second-order valence-corrected chi connectivity index (χ2v) is 4.09. The Morgan fingerprint density at radius 3 is 2.53 bits per heavy atom. The van der Waals surface area contributed by atoms with E-state index in [9.17, 15) is 0 Å². The molecule has 0 aliphatic carbocycles. The molecule has 0 saturated heterocycles. The maximum absolute atomic E-state index is 5.55. The zero-order chi connectivity index (χ0) is 12.3. The van der Waals surface area contributed by atoms with E-state index in [1.807, 2.05) is 30.9 Å². The van der Waals surface area contributed by atoms with Crippen LogP contribution in [0.1, 0.15) is 5.69 Å². The van der Waals surface area contributed by atoms with Crippen LogP contribution in [0.15, 0.2) is 30.5 Å². The van der Waals surface area contributed by atoms with Crippen molar-refractivity contribution in [1.82, 2.24) is 15.0 Å². The van der Waals surface area contributed by atoms with Crippen LogP contribution < -0.4 is 10.6 Å². The predicted molar refractivity (Wildman–Crippen MR) is 68.4 cm³/mol. The van der Waals surface area contributed by atoms with Crippen LogP contribution in [0.5, 0.6) is 0 Å². The standard InChI is InChI=1S/C12H17N5/c1-16(2)10-3-5-11(6-4-10)17-12(7-8-13)9-14-15-17/h3-6,9H,7-8,13H2,1-2H3. The van der Waals surface area contributed by atoms with Gasteiger partial charge in [-0.25, -0.2) is 4.68 Å². The molecule has 5 nitrogen and oxygen atoms in total. The lowest BCUT2D eigenvalue weighted by Gasteiger charge is -2.13. The van der Waals surface area contributed by atoms with Crippen LogP contribution in [0.4, 0.5) is 5.69 Å². The molecule has 5 heteroatoms. The lowest BCUT2D eigenvalue weighted by molar-refractivity contribution is 0.755. The van der Waals surface area contributed by atoms with E-state index in [0.717, 1.165) is 23.5 Å². The zero-order valence-electron chi connectivity index (χ0n) is 10.2. The highest BCUT2D eigenvalue weighted by atomic mass is 15.4. The largest absolute Gasteiger partial charge is 0.378 e. The summed E-state index contributed by atoms with van der Waals surface area (Å²) in [5, 5.41) is 8.00. The molecule has 2 aromatic rings. The number of aromatic nitrogens is 3. The molecule has 0 saturated carbocycles. The van der Waals surface area contributed by atoms with Gasteiger partial charge in [0.05, 0.1) is 17.6 Å². The van der Waals surface area contributed by atoms with Gasteiger partial charge in [0.15, 0.2) is 0 Å². The third kappa shape index (κ3) is 2.45. The van der Waals surface area contributed by atoms with Crippen molar-refractivity contribution in [2.45, 2.75) is 6.42 Å². The van der Waals surface area contributed by atoms with E-state index in [2.05, 4.69) is 27.3 Å². The van der Waals surface area contributed by atoms with E-state index in [1.165, 1.54) is 0 Å². The summed E-state index contributed by atoms with van der Waals surface area (Å²) in [5.41, 5.74) is 8.76. The minimum atomic E-state index is 0.600. The van der Waals surface area contributed by atoms with Crippen molar-refractivity contribution in [3.05, 3.63) is 36.2 Å². The second-order valence-electron chi connectivity index (χ2n) is 4.09. The number of rotatable bonds is 4. The SMILES string of the molecule is CN(C)c1ccc(-n2nncc2CCN)cc1. The van der Waals surface area contributed by atoms with E-state index < -0.39 is 0 Å². The fourth-order valence-electron chi connectivity index (χ4n) is 1.68. The number of nitrogens with two attached hydrogens (primary N) is 1. The number of hydrogen-bond acceptors (Lipinski definition) is 4. The van der Waals surface area contributed by atoms with Gasteiger partial charge in [0, 0.05) is 26.2 Å². The van der Waals surface area contributed by atoms with Crippen LogP contribution in [0.2, 0.25) is 0 Å². The molecule has 0 spiro atoms. The summed E-state index contributed by atoms with van der Waals surface area (Å²) in [5.74, 6) is 0. The molecule has 0 bridgehead atoms. The first-order valence-corrected chi connectivity index (χ1v) is 5.60. The van der Waals surface area contributed by atoms with Crippen molar-refractivity contribution >= 4 is 5.69 Å². The normalized spacial score (nSPS) is 10.5. The minimum absolute atomic E-state index is 0.600. The van der Waals surface area contributed by atoms with Crippen LogP contribution in [-0.4, -0.2) is 35.6 Å². The van der Waals surface area contributed by atoms with Gasteiger partial charge in [0.25, 0.3) is 0 Å². The summed E-state index contributed by atoms with van der Waals surface area (Å²) in [6, 6.07) is 8.18. The Labute approximate surface area is 101 Å². The van der Waals surface area contributed by atoms with Crippen LogP contribution in [-0.2, 0) is 6.42 Å². The van der Waals surface area contributed by atoms with Crippen molar-refractivity contribution in [2.24, 2.45) is 5.73 Å². The molecule has 1 aromatic heterocycles. The monoisotopic (exact) mass is 231 g/mol. The third-order valence-electron chi connectivity index (χ3n) is 2.63. The molecule has 0 radical (unpaired) electrons. The number of hydrogen-bond donors (Lipinski definition) is 1. The Balaban J connectivity index is 2.30. The Kier molecular flexibility index (Phi) is 3.39. The van der Waals surface area contributed by atoms with Crippen LogP contribution >= 0.6 is 0 Å². The summed E-state index contributed by atoms with van der Waals surface area (Å²) >= 11 is 0. The fraction of sp³-hybridized carbons (Fsp3) is 0.333. The molecule has 0 aliphatic heterocycles. The summed E-state index contributed by atoms with van der Waals surface area (Å²) in [7, 11) is 4.04. The molecule has 0 aliphatic rings. The van der Waals surface area contributed by atoms with Crippen molar-refractivity contribution in [3.8, 4) is 5.69 Å². The van der Waals surface area contributed by atoms with E-state index >= 15 is 0 Å². The van der Waals surface area contributed by atoms with Gasteiger partial charge in [-0.3, -0.25) is 0 Å². The average molecular weight is 231 g/mol. The highest BCUT2D eigenvalue weighted by molar-refractivity contribution is 5.49. The maximum atomic E-state index is 5.55. The Morgan fingerprint density at radius 2 is 1.94 bits per heavy atom. The lowest BCUT2D eigenvalue weighted by Crippen LogP contribution is -2.10. The van der Waals surface area contributed by atoms with Crippen LogP contribution in [0.3, 0.4) is 0 Å². The summed E-state index contributed by atoms with van der Waals surface area (Å²) in [6.07, 6.45) is 2.54. The van der Waals surface area contributed by atoms with Crippen molar-refractivity contribution in [1.29, 1.82) is 0 Å². The van der Waals surface area contributed by atoms with E-state index in [-0.39, 0.29) is 0 Å². The molecule has 1 aromatic carbocycles. The number of nitrogens with zero attached hydrogens (tertiary/aromatic N) is 4. The van der Waals surface area contributed by atoms with Crippen molar-refractivity contribution in [2.75, 3.05) is 25.5 Å². The molecule has 1 heterocycles. The maximum Gasteiger partial charge on any atom is 0.0730 e. The summed E-state index contributed by atoms with van der Waals surface area (Å²) in [6.45, 7) is 0.600. The van der Waals surface area contributed by atoms with Crippen LogP contribution in [0.25, 0.3) is 5.69 Å². The van der Waals surface area contributed by atoms with Gasteiger partial charge >= 0.3 is 0 Å². The molecule has 0 amide bonds. The first-order valence-electron chi connectivity index (χ1n) is 5.60. The first-order chi connectivity index (χ1) is 8.22. The molecule has 2 N–H and O–H groups in total. The lowest BCUT2D eigenvalue weighted by atomic mass is 10.2. The smallest absolute Gasteiger partial charge is 0.0730 e. The van der Waals surface area contributed by atoms with E-state index in [4.69, 9.17) is 5.73 Å². The highest BCUT2D eigenvalue weighted by Gasteiger charge is 2.05. The molecule has 90 valence electrons. The summed E-state index contributed by atoms with van der Waals surface area (Å²) < 4.78 is 1.83. The number of anilines is 1. The van der Waals surface area contributed by atoms with Crippen LogP contribution in [0, 0.1) is 0 Å². The molecule has 0 fully saturated rings. The highest BCUT2D eigenvalue weighted by Crippen LogP contribution is 2.15. The Morgan fingerprint density at radius 1 is 1.24 bits per heavy atom. The third-order valence-corrected chi connectivity index (χ3v) is 2.63. The topological polar surface area (TPSA) is 60.0 Å². The molecule has 0 unspecified atom stereocenters. The van der Waals surface area contributed by atoms with Crippen molar-refractivity contribution < 1.29 is 0 Å². The van der Waals surface area contributed by atoms with Gasteiger partial charge in [-0.2, -0.15) is 0 Å². The molecular formula is C12H17N5. The average Bonchev–Trinajstić information content (AvgIpc) is 2.78. The van der Waals surface area contributed by atoms with Gasteiger partial charge in [-0.1, -0.05) is 5.21 Å². The minimum Gasteiger partial charge on any atom is -0.378 e. The zero-order valence-corrected chi connectivity index (χ0v) is 10.2. The second kappa shape index (κ2) is 4.97. The van der Waals surface area contributed by atoms with Gasteiger partial charge in [0.2, 0.25) is 0 Å². The summed E-state index contributed by atoms with van der Waals surface area (Å²) in [4.78, 5) is 2.06. The van der Waals surface area contributed by atoms with E-state index in [1.54, 1.807) is 6.20 Å². The predicted octanol–water partition coefficient (Wildman–Crippen LogP) is 0.834. The van der Waals surface area contributed by atoms with Gasteiger partial charge in [-0.05, 0) is 30.8 Å². The molecule has 0 atom stereocenters. The van der Waals surface area contributed by atoms with Crippen molar-refractivity contribution in [3.63, 3.8) is 0 Å². The van der Waals surface area contributed by atoms with Gasteiger partial charge in [-0.15, -0.1) is 5.10 Å².